The van der Waals surface area contributed by atoms with Crippen molar-refractivity contribution in [2.45, 2.75) is 25.4 Å². The topological polar surface area (TPSA) is 52.9 Å². The van der Waals surface area contributed by atoms with Crippen LogP contribution in [-0.4, -0.2) is 34.7 Å². The van der Waals surface area contributed by atoms with Crippen LogP contribution < -0.4 is 4.74 Å². The van der Waals surface area contributed by atoms with Crippen LogP contribution in [0.25, 0.3) is 21.9 Å². The van der Waals surface area contributed by atoms with Gasteiger partial charge in [0.25, 0.3) is 0 Å². The average Bonchev–Trinajstić information content (AvgIpc) is 2.85. The summed E-state index contributed by atoms with van der Waals surface area (Å²) < 4.78 is 6.67. The number of aromatic hydroxyl groups is 2. The summed E-state index contributed by atoms with van der Waals surface area (Å²) in [5.74, 6) is 1.34. The van der Waals surface area contributed by atoms with Crippen molar-refractivity contribution in [3.05, 3.63) is 90.5 Å². The summed E-state index contributed by atoms with van der Waals surface area (Å²) in [5.41, 5.74) is 3.21. The molecule has 1 aliphatic heterocycles. The van der Waals surface area contributed by atoms with Crippen molar-refractivity contribution < 1.29 is 14.9 Å². The Kier molecular flexibility index (Phi) is 7.61. The van der Waals surface area contributed by atoms with Gasteiger partial charge >= 0.3 is 0 Å². The number of rotatable bonds is 6. The second-order valence-corrected chi connectivity index (χ2v) is 8.76. The Labute approximate surface area is 206 Å². The highest BCUT2D eigenvalue weighted by molar-refractivity contribution is 5.93. The van der Waals surface area contributed by atoms with Gasteiger partial charge in [-0.2, -0.15) is 0 Å². The molecule has 5 rings (SSSR count). The number of hydrogen-bond donors (Lipinski definition) is 2. The molecule has 1 fully saturated rings. The normalized spacial score (nSPS) is 14.9. The summed E-state index contributed by atoms with van der Waals surface area (Å²) >= 11 is 0. The molecule has 0 amide bonds. The largest absolute Gasteiger partial charge is 0.508 e. The average molecular weight is 476 g/mol. The predicted molar refractivity (Wildman–Crippen MR) is 140 cm³/mol. The number of nitrogens with zero attached hydrogens (tertiary/aromatic N) is 1. The number of halogens is 1. The Balaban J connectivity index is 0.00000274. The number of para-hydroxylation sites is 1. The SMILES string of the molecule is Cl.Oc1ccc(-c2ccc3cc(O)ccc3c2C(CN2CCCCC2)Oc2ccccc2)cc1. The van der Waals surface area contributed by atoms with Crippen molar-refractivity contribution in [3.8, 4) is 28.4 Å². The van der Waals surface area contributed by atoms with Crippen LogP contribution in [0.4, 0.5) is 0 Å². The van der Waals surface area contributed by atoms with Crippen LogP contribution in [0, 0.1) is 0 Å². The maximum absolute atomic E-state index is 10.1. The Hall–Kier alpha value is -3.21. The molecule has 0 radical (unpaired) electrons. The smallest absolute Gasteiger partial charge is 0.138 e. The van der Waals surface area contributed by atoms with E-state index in [-0.39, 0.29) is 30.0 Å². The maximum Gasteiger partial charge on any atom is 0.138 e. The van der Waals surface area contributed by atoms with Crippen LogP contribution in [0.15, 0.2) is 84.9 Å². The van der Waals surface area contributed by atoms with Crippen LogP contribution in [0.3, 0.4) is 0 Å². The van der Waals surface area contributed by atoms with E-state index >= 15 is 0 Å². The molecular formula is C29H30ClNO3. The first-order chi connectivity index (χ1) is 16.2. The van der Waals surface area contributed by atoms with Gasteiger partial charge in [0.15, 0.2) is 0 Å². The van der Waals surface area contributed by atoms with E-state index in [1.54, 1.807) is 24.3 Å². The van der Waals surface area contributed by atoms with Gasteiger partial charge in [-0.05, 0) is 84.2 Å². The van der Waals surface area contributed by atoms with Crippen LogP contribution in [0.1, 0.15) is 30.9 Å². The van der Waals surface area contributed by atoms with E-state index in [2.05, 4.69) is 11.0 Å². The minimum atomic E-state index is -0.192. The van der Waals surface area contributed by atoms with Crippen molar-refractivity contribution >= 4 is 23.2 Å². The number of benzene rings is 4. The lowest BCUT2D eigenvalue weighted by atomic mass is 9.90. The van der Waals surface area contributed by atoms with Gasteiger partial charge in [0.2, 0.25) is 0 Å². The molecule has 0 spiro atoms. The van der Waals surface area contributed by atoms with Crippen LogP contribution in [0.5, 0.6) is 17.2 Å². The Morgan fingerprint density at radius 3 is 2.21 bits per heavy atom. The molecule has 4 nitrogen and oxygen atoms in total. The molecule has 1 atom stereocenters. The first-order valence-corrected chi connectivity index (χ1v) is 11.7. The van der Waals surface area contributed by atoms with E-state index in [1.165, 1.54) is 19.3 Å². The molecule has 0 saturated carbocycles. The number of hydrogen-bond acceptors (Lipinski definition) is 4. The molecule has 1 aliphatic rings. The molecule has 4 aromatic carbocycles. The first kappa shape index (κ1) is 23.9. The Morgan fingerprint density at radius 2 is 1.47 bits per heavy atom. The zero-order valence-electron chi connectivity index (χ0n) is 19.1. The number of fused-ring (bicyclic) bond motifs is 1. The van der Waals surface area contributed by atoms with Gasteiger partial charge in [-0.1, -0.05) is 55.0 Å². The highest BCUT2D eigenvalue weighted by Gasteiger charge is 2.25. The van der Waals surface area contributed by atoms with Gasteiger partial charge in [-0.15, -0.1) is 12.4 Å². The Bertz CT molecular complexity index is 1220. The number of phenols is 2. The lowest BCUT2D eigenvalue weighted by Gasteiger charge is -2.32. The molecule has 5 heteroatoms. The van der Waals surface area contributed by atoms with E-state index in [0.29, 0.717) is 0 Å². The fourth-order valence-corrected chi connectivity index (χ4v) is 4.81. The monoisotopic (exact) mass is 475 g/mol. The number of piperidine rings is 1. The molecule has 34 heavy (non-hydrogen) atoms. The van der Waals surface area contributed by atoms with E-state index in [0.717, 1.165) is 52.8 Å². The fourth-order valence-electron chi connectivity index (χ4n) is 4.81. The lowest BCUT2D eigenvalue weighted by molar-refractivity contribution is 0.120. The summed E-state index contributed by atoms with van der Waals surface area (Å²) in [4.78, 5) is 2.50. The van der Waals surface area contributed by atoms with Crippen molar-refractivity contribution in [2.75, 3.05) is 19.6 Å². The molecule has 4 aromatic rings. The van der Waals surface area contributed by atoms with Crippen LogP contribution in [0.2, 0.25) is 0 Å². The van der Waals surface area contributed by atoms with E-state index < -0.39 is 0 Å². The third-order valence-electron chi connectivity index (χ3n) is 6.44. The molecule has 0 aliphatic carbocycles. The number of phenolic OH excluding ortho intramolecular Hbond substituents is 2. The minimum absolute atomic E-state index is 0. The van der Waals surface area contributed by atoms with Gasteiger partial charge < -0.3 is 14.9 Å². The van der Waals surface area contributed by atoms with E-state index in [1.807, 2.05) is 54.6 Å². The van der Waals surface area contributed by atoms with Crippen molar-refractivity contribution in [1.29, 1.82) is 0 Å². The minimum Gasteiger partial charge on any atom is -0.508 e. The van der Waals surface area contributed by atoms with Gasteiger partial charge in [0.05, 0.1) is 0 Å². The third-order valence-corrected chi connectivity index (χ3v) is 6.44. The second-order valence-electron chi connectivity index (χ2n) is 8.76. The summed E-state index contributed by atoms with van der Waals surface area (Å²) in [7, 11) is 0. The summed E-state index contributed by atoms with van der Waals surface area (Å²) in [6, 6.07) is 27.0. The van der Waals surface area contributed by atoms with Gasteiger partial charge in [-0.25, -0.2) is 0 Å². The van der Waals surface area contributed by atoms with Crippen molar-refractivity contribution in [3.63, 3.8) is 0 Å². The number of likely N-dealkylation sites (tertiary alicyclic amines) is 1. The standard InChI is InChI=1S/C29H29NO3.ClH/c31-23-12-9-21(10-13-23)26-15-11-22-19-24(32)14-16-27(22)29(26)28(20-30-17-5-2-6-18-30)33-25-7-3-1-4-8-25;/h1,3-4,7-16,19,28,31-32H,2,5-6,17-18,20H2;1H. The van der Waals surface area contributed by atoms with E-state index in [4.69, 9.17) is 4.74 Å². The highest BCUT2D eigenvalue weighted by Crippen LogP contribution is 2.39. The molecule has 1 heterocycles. The van der Waals surface area contributed by atoms with Crippen LogP contribution >= 0.6 is 12.4 Å². The summed E-state index contributed by atoms with van der Waals surface area (Å²) in [5, 5.41) is 22.0. The summed E-state index contributed by atoms with van der Waals surface area (Å²) in [6.07, 6.45) is 3.52. The fraction of sp³-hybridized carbons (Fsp3) is 0.241. The third kappa shape index (κ3) is 5.30. The molecule has 0 aromatic heterocycles. The molecule has 0 bridgehead atoms. The van der Waals surface area contributed by atoms with Gasteiger partial charge in [-0.3, -0.25) is 4.90 Å². The van der Waals surface area contributed by atoms with Crippen molar-refractivity contribution in [1.82, 2.24) is 4.90 Å². The zero-order chi connectivity index (χ0) is 22.6. The lowest BCUT2D eigenvalue weighted by Crippen LogP contribution is -2.35. The van der Waals surface area contributed by atoms with Gasteiger partial charge in [0, 0.05) is 12.1 Å². The molecule has 1 saturated heterocycles. The first-order valence-electron chi connectivity index (χ1n) is 11.7. The number of ether oxygens (including phenoxy) is 1. The Morgan fingerprint density at radius 1 is 0.765 bits per heavy atom. The zero-order valence-corrected chi connectivity index (χ0v) is 19.9. The van der Waals surface area contributed by atoms with Crippen LogP contribution in [-0.2, 0) is 0 Å². The van der Waals surface area contributed by atoms with E-state index in [9.17, 15) is 10.2 Å². The maximum atomic E-state index is 10.1. The molecule has 176 valence electrons. The second kappa shape index (κ2) is 10.8. The molecular weight excluding hydrogens is 446 g/mol. The quantitative estimate of drug-likeness (QED) is 0.317. The van der Waals surface area contributed by atoms with Crippen molar-refractivity contribution in [2.24, 2.45) is 0 Å². The molecule has 2 N–H and O–H groups in total. The highest BCUT2D eigenvalue weighted by atomic mass is 35.5. The predicted octanol–water partition coefficient (Wildman–Crippen LogP) is 6.95. The van der Waals surface area contributed by atoms with Gasteiger partial charge in [0.1, 0.15) is 23.4 Å². The summed E-state index contributed by atoms with van der Waals surface area (Å²) in [6.45, 7) is 2.95. The molecule has 1 unspecified atom stereocenters.